The van der Waals surface area contributed by atoms with Gasteiger partial charge < -0.3 is 34.3 Å². The lowest BCUT2D eigenvalue weighted by Gasteiger charge is -2.41. The van der Waals surface area contributed by atoms with E-state index >= 15 is 0 Å². The average Bonchev–Trinajstić information content (AvgIpc) is 3.16. The fourth-order valence-electron chi connectivity index (χ4n) is 6.96. The zero-order valence-electron chi connectivity index (χ0n) is 35.2. The Kier molecular flexibility index (Phi) is 33.7. The molecule has 0 bridgehead atoms. The second kappa shape index (κ2) is 35.8. The van der Waals surface area contributed by atoms with E-state index in [0.717, 1.165) is 44.9 Å². The molecule has 0 spiro atoms. The fraction of sp³-hybridized carbons (Fsp3) is 0.930. The zero-order valence-corrected chi connectivity index (χ0v) is 36.0. The number of aliphatic hydroxyl groups is 3. The van der Waals surface area contributed by atoms with E-state index in [1.165, 1.54) is 122 Å². The van der Waals surface area contributed by atoms with Crippen molar-refractivity contribution in [3.63, 3.8) is 0 Å². The maximum Gasteiger partial charge on any atom is 0.397 e. The third-order valence-electron chi connectivity index (χ3n) is 10.4. The summed E-state index contributed by atoms with van der Waals surface area (Å²) in [6.07, 6.45) is 28.9. The summed E-state index contributed by atoms with van der Waals surface area (Å²) >= 11 is 0. The first-order chi connectivity index (χ1) is 27.1. The first-order valence-electron chi connectivity index (χ1n) is 22.4. The van der Waals surface area contributed by atoms with Crippen LogP contribution in [0.5, 0.6) is 0 Å². The van der Waals surface area contributed by atoms with Crippen molar-refractivity contribution in [2.24, 2.45) is 0 Å². The number of hydrogen-bond acceptors (Lipinski definition) is 11. The van der Waals surface area contributed by atoms with Crippen molar-refractivity contribution in [3.8, 4) is 0 Å². The number of esters is 1. The second-order valence-corrected chi connectivity index (χ2v) is 16.7. The van der Waals surface area contributed by atoms with Crippen LogP contribution in [0.2, 0.25) is 0 Å². The van der Waals surface area contributed by atoms with Gasteiger partial charge in [-0.2, -0.15) is 8.42 Å². The highest BCUT2D eigenvalue weighted by Gasteiger charge is 2.48. The van der Waals surface area contributed by atoms with Crippen LogP contribution in [-0.4, -0.2) is 97.5 Å². The lowest BCUT2D eigenvalue weighted by Crippen LogP contribution is -2.60. The molecule has 6 atom stereocenters. The molecule has 332 valence electrons. The highest BCUT2D eigenvalue weighted by atomic mass is 32.3. The normalized spacial score (nSPS) is 20.9. The van der Waals surface area contributed by atoms with Crippen molar-refractivity contribution in [1.82, 2.24) is 0 Å². The Balaban J connectivity index is 2.22. The number of unbranched alkanes of at least 4 members (excludes halogenated alkanes) is 24. The summed E-state index contributed by atoms with van der Waals surface area (Å²) in [6, 6.07) is 0. The molecule has 0 radical (unpaired) electrons. The topological polar surface area (TPSA) is 178 Å². The Bertz CT molecular complexity index is 1040. The fourth-order valence-corrected chi connectivity index (χ4v) is 7.47. The largest absolute Gasteiger partial charge is 0.457 e. The molecule has 0 amide bonds. The monoisotopic (exact) mass is 823 g/mol. The third kappa shape index (κ3) is 29.1. The first-order valence-corrected chi connectivity index (χ1v) is 23.8. The van der Waals surface area contributed by atoms with Gasteiger partial charge in [-0.3, -0.25) is 9.35 Å². The first kappa shape index (κ1) is 52.9. The summed E-state index contributed by atoms with van der Waals surface area (Å²) < 4.78 is 58.7. The Morgan fingerprint density at radius 1 is 0.661 bits per heavy atom. The van der Waals surface area contributed by atoms with Gasteiger partial charge in [-0.1, -0.05) is 161 Å². The van der Waals surface area contributed by atoms with E-state index in [9.17, 15) is 28.5 Å². The quantitative estimate of drug-likeness (QED) is 0.0200. The number of allylic oxidation sites excluding steroid dienone is 2. The van der Waals surface area contributed by atoms with Gasteiger partial charge in [0.25, 0.3) is 0 Å². The molecule has 0 aromatic rings. The molecule has 1 aliphatic rings. The third-order valence-corrected chi connectivity index (χ3v) is 10.9. The highest BCUT2D eigenvalue weighted by molar-refractivity contribution is 7.80. The van der Waals surface area contributed by atoms with Gasteiger partial charge >= 0.3 is 16.4 Å². The molecule has 1 fully saturated rings. The maximum absolute atomic E-state index is 12.6. The molecule has 12 nitrogen and oxygen atoms in total. The van der Waals surface area contributed by atoms with Crippen LogP contribution in [0.3, 0.4) is 0 Å². The van der Waals surface area contributed by atoms with Crippen molar-refractivity contribution in [1.29, 1.82) is 0 Å². The SMILES string of the molecule is CCCCCCCCCC/C=C\CCCCCCCCCCCCCCOCC(COC1OC(CO)C(O)C(OS(=O)(=O)O)C1O)OC(=O)CCCCCCC. The molecule has 1 saturated heterocycles. The molecule has 1 aliphatic heterocycles. The molecule has 1 rings (SSSR count). The molecule has 0 saturated carbocycles. The number of aliphatic hydroxyl groups excluding tert-OH is 3. The molecule has 13 heteroatoms. The van der Waals surface area contributed by atoms with Gasteiger partial charge in [0.05, 0.1) is 19.8 Å². The van der Waals surface area contributed by atoms with E-state index in [1.54, 1.807) is 0 Å². The van der Waals surface area contributed by atoms with E-state index in [1.807, 2.05) is 0 Å². The van der Waals surface area contributed by atoms with Crippen LogP contribution < -0.4 is 0 Å². The predicted molar refractivity (Wildman–Crippen MR) is 221 cm³/mol. The Morgan fingerprint density at radius 2 is 1.12 bits per heavy atom. The van der Waals surface area contributed by atoms with Gasteiger partial charge in [0.1, 0.15) is 30.5 Å². The van der Waals surface area contributed by atoms with Crippen LogP contribution >= 0.6 is 0 Å². The van der Waals surface area contributed by atoms with E-state index in [-0.39, 0.29) is 19.6 Å². The molecule has 0 aliphatic carbocycles. The minimum Gasteiger partial charge on any atom is -0.457 e. The van der Waals surface area contributed by atoms with E-state index in [0.29, 0.717) is 13.0 Å². The lowest BCUT2D eigenvalue weighted by molar-refractivity contribution is -0.301. The van der Waals surface area contributed by atoms with Gasteiger partial charge in [-0.25, -0.2) is 4.18 Å². The molecule has 4 N–H and O–H groups in total. The number of hydrogen-bond donors (Lipinski definition) is 4. The van der Waals surface area contributed by atoms with Crippen LogP contribution in [0.4, 0.5) is 0 Å². The van der Waals surface area contributed by atoms with Crippen molar-refractivity contribution in [3.05, 3.63) is 12.2 Å². The van der Waals surface area contributed by atoms with Gasteiger partial charge in [0.2, 0.25) is 0 Å². The number of ether oxygens (including phenoxy) is 4. The van der Waals surface area contributed by atoms with Crippen LogP contribution in [0, 0.1) is 0 Å². The van der Waals surface area contributed by atoms with Crippen molar-refractivity contribution < 1.29 is 56.2 Å². The molecule has 0 aromatic heterocycles. The summed E-state index contributed by atoms with van der Waals surface area (Å²) in [6.45, 7) is 3.90. The van der Waals surface area contributed by atoms with Gasteiger partial charge in [0, 0.05) is 13.0 Å². The standard InChI is InChI=1S/C43H82O12S/c1-3-5-7-9-10-11-12-13-14-15-16-17-18-19-20-21-22-23-24-25-26-27-29-31-33-51-35-37(53-39(45)32-30-28-8-6-4-2)36-52-43-41(47)42(55-56(48,49)50)40(46)38(34-44)54-43/h15-16,37-38,40-44,46-47H,3-14,17-36H2,1-2H3,(H,48,49,50)/b16-15-. The number of carbonyl (C=O) groups excluding carboxylic acids is 1. The summed E-state index contributed by atoms with van der Waals surface area (Å²) in [4.78, 5) is 12.6. The summed E-state index contributed by atoms with van der Waals surface area (Å²) in [5.41, 5.74) is 0. The molecular formula is C43H82O12S. The van der Waals surface area contributed by atoms with E-state index in [2.05, 4.69) is 30.2 Å². The number of carbonyl (C=O) groups is 1. The zero-order chi connectivity index (χ0) is 41.1. The van der Waals surface area contributed by atoms with Gasteiger partial charge in [-0.15, -0.1) is 0 Å². The van der Waals surface area contributed by atoms with Crippen LogP contribution in [0.15, 0.2) is 12.2 Å². The van der Waals surface area contributed by atoms with Crippen LogP contribution in [-0.2, 0) is 38.3 Å². The average molecular weight is 823 g/mol. The van der Waals surface area contributed by atoms with Crippen molar-refractivity contribution in [2.75, 3.05) is 26.4 Å². The van der Waals surface area contributed by atoms with E-state index in [4.69, 9.17) is 23.5 Å². The lowest BCUT2D eigenvalue weighted by atomic mass is 9.99. The Morgan fingerprint density at radius 3 is 1.61 bits per heavy atom. The smallest absolute Gasteiger partial charge is 0.397 e. The minimum atomic E-state index is -5.05. The molecular weight excluding hydrogens is 741 g/mol. The summed E-state index contributed by atoms with van der Waals surface area (Å²) in [7, 11) is -5.05. The van der Waals surface area contributed by atoms with Crippen molar-refractivity contribution >= 4 is 16.4 Å². The maximum atomic E-state index is 12.6. The van der Waals surface area contributed by atoms with Gasteiger partial charge in [-0.05, 0) is 38.5 Å². The minimum absolute atomic E-state index is 0.0391. The second-order valence-electron chi connectivity index (χ2n) is 15.6. The molecule has 1 heterocycles. The van der Waals surface area contributed by atoms with Crippen LogP contribution in [0.25, 0.3) is 0 Å². The Hall–Kier alpha value is -1.16. The highest BCUT2D eigenvalue weighted by Crippen LogP contribution is 2.26. The molecule has 0 aromatic carbocycles. The summed E-state index contributed by atoms with van der Waals surface area (Å²) in [5.74, 6) is -0.410. The molecule has 56 heavy (non-hydrogen) atoms. The van der Waals surface area contributed by atoms with Crippen LogP contribution in [0.1, 0.15) is 194 Å². The molecule has 6 unspecified atom stereocenters. The Labute approximate surface area is 340 Å². The number of rotatable bonds is 39. The van der Waals surface area contributed by atoms with Crippen molar-refractivity contribution in [2.45, 2.75) is 230 Å². The predicted octanol–water partition coefficient (Wildman–Crippen LogP) is 9.08. The summed E-state index contributed by atoms with van der Waals surface area (Å²) in [5, 5.41) is 30.5. The van der Waals surface area contributed by atoms with Gasteiger partial charge in [0.15, 0.2) is 6.29 Å². The van der Waals surface area contributed by atoms with E-state index < -0.39 is 59.8 Å².